The maximum absolute atomic E-state index is 11.9. The summed E-state index contributed by atoms with van der Waals surface area (Å²) >= 11 is 1.44. The van der Waals surface area contributed by atoms with Crippen LogP contribution in [0.25, 0.3) is 10.8 Å². The standard InChI is InChI=1S/C19H22N2O2S/c22-18(21-19(23)20-16-8-2-1-3-9-16)13-24-17-11-10-14-6-4-5-7-15(14)12-17/h4-7,10-12,16H,1-3,8-9,13H2,(H2,20,21,22,23). The number of amides is 3. The summed E-state index contributed by atoms with van der Waals surface area (Å²) in [6, 6.07) is 14.1. The van der Waals surface area contributed by atoms with Gasteiger partial charge in [-0.3, -0.25) is 10.1 Å². The first-order chi connectivity index (χ1) is 11.7. The fourth-order valence-corrected chi connectivity index (χ4v) is 3.78. The summed E-state index contributed by atoms with van der Waals surface area (Å²) in [6.45, 7) is 0. The Balaban J connectivity index is 1.46. The maximum Gasteiger partial charge on any atom is 0.321 e. The fourth-order valence-electron chi connectivity index (χ4n) is 3.04. The Labute approximate surface area is 146 Å². The second-order valence-corrected chi connectivity index (χ2v) is 7.20. The summed E-state index contributed by atoms with van der Waals surface area (Å²) in [6.07, 6.45) is 5.55. The number of benzene rings is 2. The van der Waals surface area contributed by atoms with Gasteiger partial charge in [-0.05, 0) is 35.7 Å². The predicted octanol–water partition coefficient (Wildman–Crippen LogP) is 4.09. The van der Waals surface area contributed by atoms with Crippen LogP contribution < -0.4 is 10.6 Å². The van der Waals surface area contributed by atoms with Gasteiger partial charge in [0.25, 0.3) is 0 Å². The average Bonchev–Trinajstić information content (AvgIpc) is 2.60. The lowest BCUT2D eigenvalue weighted by Crippen LogP contribution is -2.45. The molecule has 1 fully saturated rings. The monoisotopic (exact) mass is 342 g/mol. The van der Waals surface area contributed by atoms with Gasteiger partial charge in [-0.25, -0.2) is 4.79 Å². The molecule has 2 N–H and O–H groups in total. The Morgan fingerprint density at radius 3 is 2.54 bits per heavy atom. The first-order valence-electron chi connectivity index (χ1n) is 8.43. The van der Waals surface area contributed by atoms with Gasteiger partial charge in [0.05, 0.1) is 5.75 Å². The highest BCUT2D eigenvalue weighted by molar-refractivity contribution is 8.00. The first-order valence-corrected chi connectivity index (χ1v) is 9.41. The van der Waals surface area contributed by atoms with Crippen LogP contribution >= 0.6 is 11.8 Å². The molecule has 126 valence electrons. The summed E-state index contributed by atoms with van der Waals surface area (Å²) in [5.74, 6) is -0.0300. The van der Waals surface area contributed by atoms with Crippen molar-refractivity contribution in [1.29, 1.82) is 0 Å². The number of thioether (sulfide) groups is 1. The van der Waals surface area contributed by atoms with Gasteiger partial charge in [0.15, 0.2) is 0 Å². The number of fused-ring (bicyclic) bond motifs is 1. The molecule has 0 spiro atoms. The van der Waals surface area contributed by atoms with E-state index in [-0.39, 0.29) is 23.7 Å². The third-order valence-corrected chi connectivity index (χ3v) is 5.28. The van der Waals surface area contributed by atoms with Crippen molar-refractivity contribution in [3.05, 3.63) is 42.5 Å². The number of hydrogen-bond acceptors (Lipinski definition) is 3. The van der Waals surface area contributed by atoms with Crippen LogP contribution in [0.4, 0.5) is 4.79 Å². The van der Waals surface area contributed by atoms with E-state index in [9.17, 15) is 9.59 Å². The van der Waals surface area contributed by atoms with Crippen molar-refractivity contribution < 1.29 is 9.59 Å². The van der Waals surface area contributed by atoms with Crippen LogP contribution in [-0.4, -0.2) is 23.7 Å². The molecule has 4 nitrogen and oxygen atoms in total. The van der Waals surface area contributed by atoms with E-state index >= 15 is 0 Å². The van der Waals surface area contributed by atoms with Crippen molar-refractivity contribution >= 4 is 34.5 Å². The second kappa shape index (κ2) is 8.20. The molecule has 1 saturated carbocycles. The number of nitrogens with one attached hydrogen (secondary N) is 2. The molecule has 0 aromatic heterocycles. The lowest BCUT2D eigenvalue weighted by atomic mass is 9.96. The number of urea groups is 1. The zero-order valence-corrected chi connectivity index (χ0v) is 14.4. The van der Waals surface area contributed by atoms with Crippen molar-refractivity contribution in [2.75, 3.05) is 5.75 Å². The summed E-state index contributed by atoms with van der Waals surface area (Å²) in [5, 5.41) is 7.65. The van der Waals surface area contributed by atoms with Crippen molar-refractivity contribution in [2.45, 2.75) is 43.0 Å². The molecule has 1 aliphatic carbocycles. The lowest BCUT2D eigenvalue weighted by Gasteiger charge is -2.22. The molecular formula is C19H22N2O2S. The minimum atomic E-state index is -0.369. The molecule has 5 heteroatoms. The van der Waals surface area contributed by atoms with E-state index in [4.69, 9.17) is 0 Å². The van der Waals surface area contributed by atoms with Crippen LogP contribution in [-0.2, 0) is 4.79 Å². The van der Waals surface area contributed by atoms with Crippen LogP contribution in [0.5, 0.6) is 0 Å². The van der Waals surface area contributed by atoms with Gasteiger partial charge < -0.3 is 5.32 Å². The molecule has 0 aliphatic heterocycles. The van der Waals surface area contributed by atoms with E-state index in [2.05, 4.69) is 28.8 Å². The molecule has 2 aromatic carbocycles. The Hall–Kier alpha value is -2.01. The molecule has 0 radical (unpaired) electrons. The van der Waals surface area contributed by atoms with Gasteiger partial charge in [-0.1, -0.05) is 49.6 Å². The molecule has 0 bridgehead atoms. The zero-order valence-electron chi connectivity index (χ0n) is 13.6. The molecule has 24 heavy (non-hydrogen) atoms. The van der Waals surface area contributed by atoms with Gasteiger partial charge in [0.2, 0.25) is 5.91 Å². The lowest BCUT2D eigenvalue weighted by molar-refractivity contribution is -0.117. The van der Waals surface area contributed by atoms with Crippen LogP contribution in [0.1, 0.15) is 32.1 Å². The van der Waals surface area contributed by atoms with E-state index < -0.39 is 0 Å². The molecule has 3 rings (SSSR count). The van der Waals surface area contributed by atoms with Gasteiger partial charge in [-0.15, -0.1) is 11.8 Å². The van der Waals surface area contributed by atoms with Crippen LogP contribution in [0, 0.1) is 0 Å². The van der Waals surface area contributed by atoms with Crippen LogP contribution in [0.2, 0.25) is 0 Å². The van der Waals surface area contributed by atoms with E-state index in [1.54, 1.807) is 0 Å². The number of hydrogen-bond donors (Lipinski definition) is 2. The molecule has 0 atom stereocenters. The molecule has 0 unspecified atom stereocenters. The molecule has 1 aliphatic rings. The van der Waals surface area contributed by atoms with Crippen molar-refractivity contribution in [3.8, 4) is 0 Å². The Morgan fingerprint density at radius 2 is 1.75 bits per heavy atom. The molecule has 2 aromatic rings. The number of rotatable bonds is 4. The quantitative estimate of drug-likeness (QED) is 0.823. The minimum Gasteiger partial charge on any atom is -0.335 e. The van der Waals surface area contributed by atoms with Gasteiger partial charge in [0.1, 0.15) is 0 Å². The summed E-state index contributed by atoms with van der Waals surface area (Å²) in [4.78, 5) is 24.8. The number of imide groups is 1. The third kappa shape index (κ3) is 4.74. The number of carbonyl (C=O) groups is 2. The SMILES string of the molecule is O=C(CSc1ccc2ccccc2c1)NC(=O)NC1CCCCC1. The van der Waals surface area contributed by atoms with E-state index in [1.165, 1.54) is 23.6 Å². The minimum absolute atomic E-state index is 0.208. The van der Waals surface area contributed by atoms with E-state index in [0.717, 1.165) is 36.0 Å². The van der Waals surface area contributed by atoms with E-state index in [0.29, 0.717) is 0 Å². The van der Waals surface area contributed by atoms with Gasteiger partial charge in [0, 0.05) is 10.9 Å². The second-order valence-electron chi connectivity index (χ2n) is 6.15. The van der Waals surface area contributed by atoms with Crippen molar-refractivity contribution in [3.63, 3.8) is 0 Å². The van der Waals surface area contributed by atoms with Crippen molar-refractivity contribution in [2.24, 2.45) is 0 Å². The summed E-state index contributed by atoms with van der Waals surface area (Å²) in [5.41, 5.74) is 0. The third-order valence-electron chi connectivity index (χ3n) is 4.28. The van der Waals surface area contributed by atoms with Crippen LogP contribution in [0.3, 0.4) is 0 Å². The Bertz CT molecular complexity index is 726. The highest BCUT2D eigenvalue weighted by Gasteiger charge is 2.16. The molecule has 0 saturated heterocycles. The molecule has 3 amide bonds. The molecule has 0 heterocycles. The topological polar surface area (TPSA) is 58.2 Å². The number of carbonyl (C=O) groups excluding carboxylic acids is 2. The fraction of sp³-hybridized carbons (Fsp3) is 0.368. The normalized spacial score (nSPS) is 15.2. The van der Waals surface area contributed by atoms with Crippen LogP contribution in [0.15, 0.2) is 47.4 Å². The predicted molar refractivity (Wildman–Crippen MR) is 98.2 cm³/mol. The first kappa shape index (κ1) is 16.8. The smallest absolute Gasteiger partial charge is 0.321 e. The Kier molecular flexibility index (Phi) is 5.75. The average molecular weight is 342 g/mol. The summed E-state index contributed by atoms with van der Waals surface area (Å²) in [7, 11) is 0. The van der Waals surface area contributed by atoms with Gasteiger partial charge in [-0.2, -0.15) is 0 Å². The largest absolute Gasteiger partial charge is 0.335 e. The zero-order chi connectivity index (χ0) is 16.8. The highest BCUT2D eigenvalue weighted by Crippen LogP contribution is 2.23. The highest BCUT2D eigenvalue weighted by atomic mass is 32.2. The van der Waals surface area contributed by atoms with E-state index in [1.807, 2.05) is 24.3 Å². The summed E-state index contributed by atoms with van der Waals surface area (Å²) < 4.78 is 0. The van der Waals surface area contributed by atoms with Crippen molar-refractivity contribution in [1.82, 2.24) is 10.6 Å². The molecular weight excluding hydrogens is 320 g/mol. The maximum atomic E-state index is 11.9. The van der Waals surface area contributed by atoms with Gasteiger partial charge >= 0.3 is 6.03 Å². The Morgan fingerprint density at radius 1 is 1.00 bits per heavy atom.